The van der Waals surface area contributed by atoms with E-state index < -0.39 is 33.3 Å². The third-order valence-corrected chi connectivity index (χ3v) is 9.94. The fourth-order valence-corrected chi connectivity index (χ4v) is 8.85. The minimum atomic E-state index is -0.979. The molecule has 5 atom stereocenters. The maximum atomic E-state index is 14.4. The van der Waals surface area contributed by atoms with Crippen LogP contribution in [0.4, 0.5) is 5.69 Å². The van der Waals surface area contributed by atoms with Crippen molar-refractivity contribution in [2.45, 2.75) is 41.7 Å². The standard InChI is InChI=1S/C27H30N2O5S/c1-3-13-28(19-10-9-17-7-4-5-8-18(17)16-19)24(32)22-27-12-11-26(2,35-27)21(25(33)34)20(27)23(31)29(22)14-6-15-30/h3-5,7-10,16,20-22,30H,1,6,11-15H2,2H3,(H,33,34)/t20-,21-,22?,26+,27?/m0/s1. The number of rotatable bonds is 8. The normalized spacial score (nSPS) is 31.1. The molecule has 2 unspecified atom stereocenters. The summed E-state index contributed by atoms with van der Waals surface area (Å²) in [5, 5.41) is 21.6. The van der Waals surface area contributed by atoms with Gasteiger partial charge in [-0.15, -0.1) is 18.3 Å². The molecule has 7 nitrogen and oxygen atoms in total. The summed E-state index contributed by atoms with van der Waals surface area (Å²) in [6.45, 7) is 6.13. The average Bonchev–Trinajstić information content (AvgIpc) is 3.41. The molecule has 3 aliphatic heterocycles. The molecule has 2 bridgehead atoms. The highest BCUT2D eigenvalue weighted by atomic mass is 32.2. The summed E-state index contributed by atoms with van der Waals surface area (Å²) in [6.07, 6.45) is 3.25. The predicted molar refractivity (Wildman–Crippen MR) is 136 cm³/mol. The number of aliphatic carboxylic acids is 1. The number of anilines is 1. The molecule has 8 heteroatoms. The van der Waals surface area contributed by atoms with Crippen LogP contribution in [0.5, 0.6) is 0 Å². The number of carbonyl (C=O) groups excluding carboxylic acids is 2. The first-order chi connectivity index (χ1) is 16.8. The Labute approximate surface area is 208 Å². The lowest BCUT2D eigenvalue weighted by Crippen LogP contribution is -2.55. The van der Waals surface area contributed by atoms with Gasteiger partial charge in [0.2, 0.25) is 5.91 Å². The van der Waals surface area contributed by atoms with Crippen LogP contribution in [0.15, 0.2) is 55.1 Å². The highest BCUT2D eigenvalue weighted by Crippen LogP contribution is 2.71. The number of fused-ring (bicyclic) bond motifs is 2. The summed E-state index contributed by atoms with van der Waals surface area (Å²) in [5.41, 5.74) is 0.710. The Hall–Kier alpha value is -2.84. The molecular weight excluding hydrogens is 464 g/mol. The number of thioether (sulfide) groups is 1. The Morgan fingerprint density at radius 1 is 1.23 bits per heavy atom. The zero-order valence-corrected chi connectivity index (χ0v) is 20.5. The van der Waals surface area contributed by atoms with E-state index in [1.165, 1.54) is 11.8 Å². The van der Waals surface area contributed by atoms with Crippen LogP contribution in [-0.2, 0) is 14.4 Å². The summed E-state index contributed by atoms with van der Waals surface area (Å²) >= 11 is 1.52. The minimum Gasteiger partial charge on any atom is -0.481 e. The first kappa shape index (κ1) is 23.9. The number of carbonyl (C=O) groups is 3. The second kappa shape index (κ2) is 8.68. The van der Waals surface area contributed by atoms with Crippen molar-refractivity contribution in [1.29, 1.82) is 0 Å². The molecule has 5 rings (SSSR count). The van der Waals surface area contributed by atoms with Crippen molar-refractivity contribution in [2.24, 2.45) is 11.8 Å². The lowest BCUT2D eigenvalue weighted by atomic mass is 9.66. The average molecular weight is 495 g/mol. The fourth-order valence-electron chi connectivity index (χ4n) is 6.51. The molecule has 3 fully saturated rings. The van der Waals surface area contributed by atoms with Gasteiger partial charge >= 0.3 is 5.97 Å². The first-order valence-electron chi connectivity index (χ1n) is 12.0. The monoisotopic (exact) mass is 494 g/mol. The van der Waals surface area contributed by atoms with E-state index in [0.29, 0.717) is 24.9 Å². The lowest BCUT2D eigenvalue weighted by molar-refractivity contribution is -0.150. The first-order valence-corrected chi connectivity index (χ1v) is 12.8. The number of carboxylic acids is 1. The number of hydrogen-bond acceptors (Lipinski definition) is 5. The van der Waals surface area contributed by atoms with Gasteiger partial charge in [0.05, 0.1) is 16.6 Å². The smallest absolute Gasteiger partial charge is 0.308 e. The number of aliphatic hydroxyl groups excluding tert-OH is 1. The maximum Gasteiger partial charge on any atom is 0.308 e. The number of nitrogens with zero attached hydrogens (tertiary/aromatic N) is 2. The lowest BCUT2D eigenvalue weighted by Gasteiger charge is -2.37. The molecule has 35 heavy (non-hydrogen) atoms. The van der Waals surface area contributed by atoms with Crippen molar-refractivity contribution in [3.05, 3.63) is 55.1 Å². The van der Waals surface area contributed by atoms with Gasteiger partial charge in [-0.3, -0.25) is 14.4 Å². The number of hydrogen-bond donors (Lipinski definition) is 2. The van der Waals surface area contributed by atoms with Gasteiger partial charge in [-0.05, 0) is 49.1 Å². The van der Waals surface area contributed by atoms with Crippen molar-refractivity contribution in [3.8, 4) is 0 Å². The predicted octanol–water partition coefficient (Wildman–Crippen LogP) is 3.31. The van der Waals surface area contributed by atoms with Crippen LogP contribution < -0.4 is 4.90 Å². The van der Waals surface area contributed by atoms with Crippen LogP contribution in [0.1, 0.15) is 26.2 Å². The highest BCUT2D eigenvalue weighted by Gasteiger charge is 2.77. The Morgan fingerprint density at radius 2 is 1.97 bits per heavy atom. The van der Waals surface area contributed by atoms with Crippen molar-refractivity contribution in [1.82, 2.24) is 4.90 Å². The van der Waals surface area contributed by atoms with Crippen LogP contribution >= 0.6 is 11.8 Å². The molecule has 0 saturated carbocycles. The van der Waals surface area contributed by atoms with E-state index in [1.54, 1.807) is 15.9 Å². The quantitative estimate of drug-likeness (QED) is 0.547. The van der Waals surface area contributed by atoms with Gasteiger partial charge in [0.1, 0.15) is 6.04 Å². The number of amides is 2. The van der Waals surface area contributed by atoms with Crippen LogP contribution in [0.3, 0.4) is 0 Å². The zero-order valence-electron chi connectivity index (χ0n) is 19.7. The van der Waals surface area contributed by atoms with Gasteiger partial charge in [0.25, 0.3) is 5.91 Å². The molecule has 3 saturated heterocycles. The van der Waals surface area contributed by atoms with Crippen LogP contribution in [-0.4, -0.2) is 68.1 Å². The molecule has 1 spiro atoms. The van der Waals surface area contributed by atoms with Crippen LogP contribution in [0.2, 0.25) is 0 Å². The SMILES string of the molecule is C=CCN(C(=O)C1N(CCCO)C(=O)[C@@H]2[C@@H](C(=O)O)[C@@]3(C)CCC12S3)c1ccc2ccccc2c1. The van der Waals surface area contributed by atoms with Gasteiger partial charge in [-0.2, -0.15) is 0 Å². The van der Waals surface area contributed by atoms with E-state index in [4.69, 9.17) is 0 Å². The molecule has 2 aromatic rings. The molecule has 3 heterocycles. The summed E-state index contributed by atoms with van der Waals surface area (Å²) in [6, 6.07) is 12.9. The Kier molecular flexibility index (Phi) is 5.92. The Bertz CT molecular complexity index is 1220. The van der Waals surface area contributed by atoms with Gasteiger partial charge in [0, 0.05) is 30.1 Å². The summed E-state index contributed by atoms with van der Waals surface area (Å²) in [4.78, 5) is 43.6. The zero-order chi connectivity index (χ0) is 25.0. The summed E-state index contributed by atoms with van der Waals surface area (Å²) in [5.74, 6) is -3.07. The number of likely N-dealkylation sites (tertiary alicyclic amines) is 1. The molecule has 0 aromatic heterocycles. The third-order valence-electron chi connectivity index (χ3n) is 7.96. The van der Waals surface area contributed by atoms with E-state index in [9.17, 15) is 24.6 Å². The number of carboxylic acid groups (broad SMARTS) is 1. The molecular formula is C27H30N2O5S. The molecule has 184 valence electrons. The Morgan fingerprint density at radius 3 is 2.66 bits per heavy atom. The maximum absolute atomic E-state index is 14.4. The number of benzene rings is 2. The molecule has 0 radical (unpaired) electrons. The molecule has 2 N–H and O–H groups in total. The van der Waals surface area contributed by atoms with Crippen molar-refractivity contribution >= 4 is 46.0 Å². The van der Waals surface area contributed by atoms with Crippen molar-refractivity contribution in [2.75, 3.05) is 24.6 Å². The third kappa shape index (κ3) is 3.49. The fraction of sp³-hybridized carbons (Fsp3) is 0.444. The van der Waals surface area contributed by atoms with E-state index in [1.807, 2.05) is 49.4 Å². The van der Waals surface area contributed by atoms with Gasteiger partial charge in [-0.25, -0.2) is 0 Å². The minimum absolute atomic E-state index is 0.114. The van der Waals surface area contributed by atoms with Gasteiger partial charge in [0.15, 0.2) is 0 Å². The molecule has 2 aromatic carbocycles. The van der Waals surface area contributed by atoms with Crippen LogP contribution in [0, 0.1) is 11.8 Å². The van der Waals surface area contributed by atoms with Crippen LogP contribution in [0.25, 0.3) is 10.8 Å². The summed E-state index contributed by atoms with van der Waals surface area (Å²) in [7, 11) is 0. The molecule has 3 aliphatic rings. The summed E-state index contributed by atoms with van der Waals surface area (Å²) < 4.78 is -1.38. The van der Waals surface area contributed by atoms with E-state index >= 15 is 0 Å². The topological polar surface area (TPSA) is 98.2 Å². The van der Waals surface area contributed by atoms with Crippen molar-refractivity contribution < 1.29 is 24.6 Å². The van der Waals surface area contributed by atoms with E-state index in [2.05, 4.69) is 6.58 Å². The largest absolute Gasteiger partial charge is 0.481 e. The number of aliphatic hydroxyl groups is 1. The second-order valence-electron chi connectivity index (χ2n) is 9.94. The van der Waals surface area contributed by atoms with Crippen molar-refractivity contribution in [3.63, 3.8) is 0 Å². The highest BCUT2D eigenvalue weighted by molar-refractivity contribution is 8.02. The Balaban J connectivity index is 1.60. The second-order valence-corrected chi connectivity index (χ2v) is 11.8. The van der Waals surface area contributed by atoms with Gasteiger partial charge in [-0.1, -0.05) is 36.4 Å². The van der Waals surface area contributed by atoms with E-state index in [-0.39, 0.29) is 31.5 Å². The van der Waals surface area contributed by atoms with Gasteiger partial charge < -0.3 is 20.0 Å². The van der Waals surface area contributed by atoms with E-state index in [0.717, 1.165) is 10.8 Å². The molecule has 2 amide bonds. The molecule has 0 aliphatic carbocycles.